The minimum atomic E-state index is -0.153. The molecule has 94 valence electrons. The van der Waals surface area contributed by atoms with E-state index in [-0.39, 0.29) is 11.5 Å². The van der Waals surface area contributed by atoms with Crippen molar-refractivity contribution in [2.75, 3.05) is 27.4 Å². The highest BCUT2D eigenvalue weighted by Crippen LogP contribution is 2.41. The average Bonchev–Trinajstić information content (AvgIpc) is 2.27. The summed E-state index contributed by atoms with van der Waals surface area (Å²) in [5, 5.41) is 0. The summed E-state index contributed by atoms with van der Waals surface area (Å²) in [5.41, 5.74) is 7.02. The topological polar surface area (TPSA) is 53.7 Å². The van der Waals surface area contributed by atoms with Crippen LogP contribution in [0.25, 0.3) is 0 Å². The van der Waals surface area contributed by atoms with Gasteiger partial charge in [-0.1, -0.05) is 0 Å². The van der Waals surface area contributed by atoms with Crippen molar-refractivity contribution in [2.24, 2.45) is 5.73 Å². The first-order valence-corrected chi connectivity index (χ1v) is 5.70. The zero-order chi connectivity index (χ0) is 12.5. The molecule has 0 saturated carbocycles. The van der Waals surface area contributed by atoms with Crippen molar-refractivity contribution in [1.82, 2.24) is 0 Å². The highest BCUT2D eigenvalue weighted by molar-refractivity contribution is 5.47. The van der Waals surface area contributed by atoms with Crippen molar-refractivity contribution in [3.63, 3.8) is 0 Å². The highest BCUT2D eigenvalue weighted by atomic mass is 16.5. The van der Waals surface area contributed by atoms with Gasteiger partial charge in [-0.15, -0.1) is 0 Å². The lowest BCUT2D eigenvalue weighted by Gasteiger charge is -2.45. The largest absolute Gasteiger partial charge is 0.497 e. The van der Waals surface area contributed by atoms with Crippen molar-refractivity contribution in [1.29, 1.82) is 0 Å². The second-order valence-corrected chi connectivity index (χ2v) is 4.50. The maximum atomic E-state index is 6.10. The summed E-state index contributed by atoms with van der Waals surface area (Å²) in [7, 11) is 3.32. The molecule has 1 aromatic rings. The molecule has 1 aliphatic rings. The molecule has 1 aliphatic heterocycles. The van der Waals surface area contributed by atoms with Crippen LogP contribution in [0.2, 0.25) is 0 Å². The lowest BCUT2D eigenvalue weighted by Crippen LogP contribution is -2.57. The van der Waals surface area contributed by atoms with Gasteiger partial charge in [0.1, 0.15) is 11.5 Å². The molecule has 1 atom stereocenters. The molecule has 1 saturated heterocycles. The van der Waals surface area contributed by atoms with Gasteiger partial charge >= 0.3 is 0 Å². The van der Waals surface area contributed by atoms with E-state index in [1.165, 1.54) is 0 Å². The monoisotopic (exact) mass is 237 g/mol. The van der Waals surface area contributed by atoms with Gasteiger partial charge in [-0.05, 0) is 25.1 Å². The molecule has 4 nitrogen and oxygen atoms in total. The molecule has 0 aliphatic carbocycles. The van der Waals surface area contributed by atoms with E-state index in [1.807, 2.05) is 25.1 Å². The van der Waals surface area contributed by atoms with E-state index >= 15 is 0 Å². The van der Waals surface area contributed by atoms with Gasteiger partial charge in [-0.3, -0.25) is 0 Å². The van der Waals surface area contributed by atoms with Crippen molar-refractivity contribution >= 4 is 0 Å². The first-order valence-electron chi connectivity index (χ1n) is 5.70. The van der Waals surface area contributed by atoms with E-state index in [0.29, 0.717) is 13.2 Å². The van der Waals surface area contributed by atoms with Crippen molar-refractivity contribution in [2.45, 2.75) is 18.4 Å². The molecule has 2 N–H and O–H groups in total. The Morgan fingerprint density at radius 3 is 2.41 bits per heavy atom. The Hall–Kier alpha value is -1.26. The fraction of sp³-hybridized carbons (Fsp3) is 0.538. The number of methoxy groups -OCH3 is 2. The molecule has 4 heteroatoms. The summed E-state index contributed by atoms with van der Waals surface area (Å²) in [4.78, 5) is 0. The third-order valence-electron chi connectivity index (χ3n) is 3.53. The SMILES string of the molecule is COc1ccc(OC)c(C2(C(C)N)COC2)c1. The third kappa shape index (κ3) is 1.87. The van der Waals surface area contributed by atoms with Crippen LogP contribution >= 0.6 is 0 Å². The van der Waals surface area contributed by atoms with E-state index < -0.39 is 0 Å². The molecule has 0 spiro atoms. The number of hydrogen-bond acceptors (Lipinski definition) is 4. The molecule has 2 rings (SSSR count). The van der Waals surface area contributed by atoms with Gasteiger partial charge in [-0.2, -0.15) is 0 Å². The standard InChI is InChI=1S/C13H19NO3/c1-9(14)13(7-17-8-13)11-6-10(15-2)4-5-12(11)16-3/h4-6,9H,7-8,14H2,1-3H3. The maximum absolute atomic E-state index is 6.10. The summed E-state index contributed by atoms with van der Waals surface area (Å²) < 4.78 is 16.0. The molecule has 1 aromatic carbocycles. The van der Waals surface area contributed by atoms with Gasteiger partial charge in [-0.25, -0.2) is 0 Å². The molecule has 0 aromatic heterocycles. The second-order valence-electron chi connectivity index (χ2n) is 4.50. The normalized spacial score (nSPS) is 19.3. The van der Waals surface area contributed by atoms with E-state index in [4.69, 9.17) is 19.9 Å². The van der Waals surface area contributed by atoms with Crippen LogP contribution in [-0.2, 0) is 10.2 Å². The molecule has 0 amide bonds. The Morgan fingerprint density at radius 2 is 2.00 bits per heavy atom. The van der Waals surface area contributed by atoms with Gasteiger partial charge in [0.05, 0.1) is 32.8 Å². The summed E-state index contributed by atoms with van der Waals surface area (Å²) in [6, 6.07) is 5.80. The molecular weight excluding hydrogens is 218 g/mol. The van der Waals surface area contributed by atoms with Crippen LogP contribution in [0.4, 0.5) is 0 Å². The predicted octanol–water partition coefficient (Wildman–Crippen LogP) is 1.32. The van der Waals surface area contributed by atoms with E-state index in [1.54, 1.807) is 14.2 Å². The predicted molar refractivity (Wildman–Crippen MR) is 65.7 cm³/mol. The average molecular weight is 237 g/mol. The molecule has 1 fully saturated rings. The number of nitrogens with two attached hydrogens (primary N) is 1. The summed E-state index contributed by atoms with van der Waals surface area (Å²) in [5.74, 6) is 1.65. The third-order valence-corrected chi connectivity index (χ3v) is 3.53. The van der Waals surface area contributed by atoms with Crippen molar-refractivity contribution in [3.8, 4) is 11.5 Å². The first-order chi connectivity index (χ1) is 8.14. The fourth-order valence-electron chi connectivity index (χ4n) is 2.19. The summed E-state index contributed by atoms with van der Waals surface area (Å²) in [6.07, 6.45) is 0. The molecular formula is C13H19NO3. The van der Waals surface area contributed by atoms with Crippen LogP contribution < -0.4 is 15.2 Å². The number of hydrogen-bond donors (Lipinski definition) is 1. The van der Waals surface area contributed by atoms with Gasteiger partial charge in [0, 0.05) is 11.6 Å². The quantitative estimate of drug-likeness (QED) is 0.858. The molecule has 1 heterocycles. The summed E-state index contributed by atoms with van der Waals surface area (Å²) >= 11 is 0. The van der Waals surface area contributed by atoms with Gasteiger partial charge < -0.3 is 19.9 Å². The minimum Gasteiger partial charge on any atom is -0.497 e. The Morgan fingerprint density at radius 1 is 1.29 bits per heavy atom. The molecule has 17 heavy (non-hydrogen) atoms. The number of rotatable bonds is 4. The lowest BCUT2D eigenvalue weighted by atomic mass is 9.73. The molecule has 0 bridgehead atoms. The van der Waals surface area contributed by atoms with Gasteiger partial charge in [0.15, 0.2) is 0 Å². The van der Waals surface area contributed by atoms with Crippen LogP contribution in [0.3, 0.4) is 0 Å². The number of ether oxygens (including phenoxy) is 3. The van der Waals surface area contributed by atoms with E-state index in [2.05, 4.69) is 0 Å². The molecule has 1 unspecified atom stereocenters. The van der Waals surface area contributed by atoms with Crippen LogP contribution in [0.15, 0.2) is 18.2 Å². The van der Waals surface area contributed by atoms with Crippen molar-refractivity contribution in [3.05, 3.63) is 23.8 Å². The van der Waals surface area contributed by atoms with Crippen LogP contribution in [0.1, 0.15) is 12.5 Å². The molecule has 0 radical (unpaired) electrons. The Bertz CT molecular complexity index is 400. The summed E-state index contributed by atoms with van der Waals surface area (Å²) in [6.45, 7) is 3.27. The Labute approximate surface area is 102 Å². The Balaban J connectivity index is 2.47. The highest BCUT2D eigenvalue weighted by Gasteiger charge is 2.45. The van der Waals surface area contributed by atoms with Crippen LogP contribution in [0.5, 0.6) is 11.5 Å². The van der Waals surface area contributed by atoms with Gasteiger partial charge in [0.25, 0.3) is 0 Å². The van der Waals surface area contributed by atoms with E-state index in [9.17, 15) is 0 Å². The zero-order valence-electron chi connectivity index (χ0n) is 10.5. The van der Waals surface area contributed by atoms with Crippen LogP contribution in [0, 0.1) is 0 Å². The fourth-order valence-corrected chi connectivity index (χ4v) is 2.19. The van der Waals surface area contributed by atoms with Crippen LogP contribution in [-0.4, -0.2) is 33.5 Å². The van der Waals surface area contributed by atoms with E-state index in [0.717, 1.165) is 17.1 Å². The van der Waals surface area contributed by atoms with Crippen molar-refractivity contribution < 1.29 is 14.2 Å². The van der Waals surface area contributed by atoms with Gasteiger partial charge in [0.2, 0.25) is 0 Å². The lowest BCUT2D eigenvalue weighted by molar-refractivity contribution is -0.0711. The number of benzene rings is 1. The zero-order valence-corrected chi connectivity index (χ0v) is 10.5. The first kappa shape index (κ1) is 12.2. The second kappa shape index (κ2) is 4.55. The maximum Gasteiger partial charge on any atom is 0.123 e. The minimum absolute atomic E-state index is 0.0113. The Kier molecular flexibility index (Phi) is 3.26. The smallest absolute Gasteiger partial charge is 0.123 e.